The number of thiazole rings is 1. The minimum absolute atomic E-state index is 0.231. The number of hydrogen-bond acceptors (Lipinski definition) is 4. The number of piperidine rings is 1. The van der Waals surface area contributed by atoms with Gasteiger partial charge in [0.1, 0.15) is 0 Å². The molecule has 1 fully saturated rings. The van der Waals surface area contributed by atoms with Crippen molar-refractivity contribution in [1.82, 2.24) is 8.87 Å². The lowest BCUT2D eigenvalue weighted by Crippen LogP contribution is -2.41. The predicted octanol–water partition coefficient (Wildman–Crippen LogP) is 1.65. The van der Waals surface area contributed by atoms with Gasteiger partial charge in [0.2, 0.25) is 10.0 Å². The summed E-state index contributed by atoms with van der Waals surface area (Å²) in [5.41, 5.74) is 2.22. The minimum Gasteiger partial charge on any atom is -0.319 e. The highest BCUT2D eigenvalue weighted by molar-refractivity contribution is 7.88. The van der Waals surface area contributed by atoms with Gasteiger partial charge in [-0.3, -0.25) is 4.79 Å². The first-order valence-electron chi connectivity index (χ1n) is 7.86. The minimum atomic E-state index is -3.26. The van der Waals surface area contributed by atoms with Gasteiger partial charge in [-0.05, 0) is 31.4 Å². The van der Waals surface area contributed by atoms with Crippen LogP contribution in [0, 0.1) is 12.8 Å². The predicted molar refractivity (Wildman–Crippen MR) is 95.2 cm³/mol. The summed E-state index contributed by atoms with van der Waals surface area (Å²) in [4.78, 5) is 17.5. The van der Waals surface area contributed by atoms with Crippen LogP contribution in [0.3, 0.4) is 0 Å². The fraction of sp³-hybridized carbons (Fsp3) is 0.500. The van der Waals surface area contributed by atoms with Crippen LogP contribution in [0.1, 0.15) is 18.4 Å². The van der Waals surface area contributed by atoms with Gasteiger partial charge in [0, 0.05) is 20.1 Å². The zero-order valence-electron chi connectivity index (χ0n) is 14.0. The van der Waals surface area contributed by atoms with E-state index in [0.717, 1.165) is 15.8 Å². The summed E-state index contributed by atoms with van der Waals surface area (Å²) in [7, 11) is -1.36. The number of nitrogens with zero attached hydrogens (tertiary/aromatic N) is 3. The summed E-state index contributed by atoms with van der Waals surface area (Å²) in [5, 5.41) is 0. The molecule has 1 aromatic carbocycles. The molecule has 0 bridgehead atoms. The zero-order valence-corrected chi connectivity index (χ0v) is 15.7. The number of hydrogen-bond donors (Lipinski definition) is 0. The van der Waals surface area contributed by atoms with E-state index in [0.29, 0.717) is 24.2 Å². The molecule has 0 radical (unpaired) electrons. The van der Waals surface area contributed by atoms with Crippen LogP contribution in [-0.4, -0.2) is 42.5 Å². The molecule has 1 aliphatic heterocycles. The number of para-hydroxylation sites is 1. The van der Waals surface area contributed by atoms with E-state index in [2.05, 4.69) is 4.99 Å². The number of sulfonamides is 1. The molecule has 1 unspecified atom stereocenters. The maximum absolute atomic E-state index is 12.6. The summed E-state index contributed by atoms with van der Waals surface area (Å²) < 4.78 is 27.8. The number of aryl methyl sites for hydroxylation is 2. The van der Waals surface area contributed by atoms with Gasteiger partial charge in [-0.1, -0.05) is 23.5 Å². The van der Waals surface area contributed by atoms with E-state index in [1.54, 1.807) is 0 Å². The largest absolute Gasteiger partial charge is 0.319 e. The Morgan fingerprint density at radius 3 is 2.79 bits per heavy atom. The second-order valence-corrected chi connectivity index (χ2v) is 9.27. The molecular weight excluding hydrogens is 346 g/mol. The smallest absolute Gasteiger partial charge is 0.252 e. The second kappa shape index (κ2) is 6.42. The fourth-order valence-corrected chi connectivity index (χ4v) is 5.15. The summed E-state index contributed by atoms with van der Waals surface area (Å²) in [5.74, 6) is -0.594. The first-order valence-corrected chi connectivity index (χ1v) is 10.5. The maximum atomic E-state index is 12.6. The summed E-state index contributed by atoms with van der Waals surface area (Å²) >= 11 is 1.48. The highest BCUT2D eigenvalue weighted by Gasteiger charge is 2.30. The van der Waals surface area contributed by atoms with Crippen molar-refractivity contribution in [3.05, 3.63) is 28.6 Å². The van der Waals surface area contributed by atoms with Crippen molar-refractivity contribution >= 4 is 37.5 Å². The van der Waals surface area contributed by atoms with Crippen molar-refractivity contribution in [1.29, 1.82) is 0 Å². The number of rotatable bonds is 2. The Bertz CT molecular complexity index is 957. The number of benzene rings is 1. The van der Waals surface area contributed by atoms with E-state index >= 15 is 0 Å². The lowest BCUT2D eigenvalue weighted by atomic mass is 9.99. The van der Waals surface area contributed by atoms with E-state index < -0.39 is 10.0 Å². The highest BCUT2D eigenvalue weighted by atomic mass is 32.2. The molecule has 1 aliphatic rings. The molecule has 0 saturated carbocycles. The van der Waals surface area contributed by atoms with Crippen molar-refractivity contribution in [3.8, 4) is 0 Å². The molecule has 0 aliphatic carbocycles. The fourth-order valence-electron chi connectivity index (χ4n) is 3.14. The van der Waals surface area contributed by atoms with Gasteiger partial charge < -0.3 is 4.57 Å². The number of amides is 1. The van der Waals surface area contributed by atoms with Crippen LogP contribution >= 0.6 is 11.3 Å². The molecule has 24 heavy (non-hydrogen) atoms. The third-order valence-corrected chi connectivity index (χ3v) is 6.80. The van der Waals surface area contributed by atoms with Crippen LogP contribution in [0.15, 0.2) is 23.2 Å². The van der Waals surface area contributed by atoms with E-state index in [1.165, 1.54) is 21.9 Å². The lowest BCUT2D eigenvalue weighted by molar-refractivity contribution is -0.122. The van der Waals surface area contributed by atoms with E-state index in [4.69, 9.17) is 0 Å². The molecule has 1 aromatic heterocycles. The van der Waals surface area contributed by atoms with Crippen molar-refractivity contribution in [2.45, 2.75) is 19.8 Å². The SMILES string of the molecule is Cc1cccc2sc(=NC(=O)C3CCCN(S(C)(=O)=O)C3)n(C)c12. The molecule has 8 heteroatoms. The first kappa shape index (κ1) is 17.3. The lowest BCUT2D eigenvalue weighted by Gasteiger charge is -2.28. The highest BCUT2D eigenvalue weighted by Crippen LogP contribution is 2.22. The Morgan fingerprint density at radius 1 is 1.38 bits per heavy atom. The Morgan fingerprint density at radius 2 is 2.12 bits per heavy atom. The van der Waals surface area contributed by atoms with Gasteiger partial charge in [-0.2, -0.15) is 4.99 Å². The average Bonchev–Trinajstić information content (AvgIpc) is 2.84. The van der Waals surface area contributed by atoms with Gasteiger partial charge in [0.05, 0.1) is 22.4 Å². The van der Waals surface area contributed by atoms with Crippen LogP contribution in [0.5, 0.6) is 0 Å². The molecule has 0 spiro atoms. The van der Waals surface area contributed by atoms with Crippen LogP contribution < -0.4 is 4.80 Å². The van der Waals surface area contributed by atoms with Gasteiger partial charge in [-0.15, -0.1) is 0 Å². The number of carbonyl (C=O) groups is 1. The Hall–Kier alpha value is -1.51. The van der Waals surface area contributed by atoms with E-state index in [1.807, 2.05) is 36.7 Å². The maximum Gasteiger partial charge on any atom is 0.252 e. The molecule has 1 saturated heterocycles. The topological polar surface area (TPSA) is 71.7 Å². The van der Waals surface area contributed by atoms with Crippen LogP contribution in [0.25, 0.3) is 10.2 Å². The number of carbonyl (C=O) groups excluding carboxylic acids is 1. The zero-order chi connectivity index (χ0) is 17.5. The average molecular weight is 367 g/mol. The molecular formula is C16H21N3O3S2. The third kappa shape index (κ3) is 3.31. The van der Waals surface area contributed by atoms with Gasteiger partial charge in [-0.25, -0.2) is 12.7 Å². The summed E-state index contributed by atoms with van der Waals surface area (Å²) in [6.45, 7) is 2.75. The van der Waals surface area contributed by atoms with Crippen LogP contribution in [0.2, 0.25) is 0 Å². The Kier molecular flexibility index (Phi) is 4.63. The van der Waals surface area contributed by atoms with Crippen molar-refractivity contribution in [3.63, 3.8) is 0 Å². The van der Waals surface area contributed by atoms with Crippen molar-refractivity contribution in [2.75, 3.05) is 19.3 Å². The Labute approximate surface area is 145 Å². The first-order chi connectivity index (χ1) is 11.3. The molecule has 3 rings (SSSR count). The van der Waals surface area contributed by atoms with Crippen LogP contribution in [-0.2, 0) is 21.9 Å². The van der Waals surface area contributed by atoms with Gasteiger partial charge in [0.25, 0.3) is 5.91 Å². The Balaban J connectivity index is 1.93. The van der Waals surface area contributed by atoms with E-state index in [-0.39, 0.29) is 18.4 Å². The third-order valence-electron chi connectivity index (χ3n) is 4.43. The summed E-state index contributed by atoms with van der Waals surface area (Å²) in [6.07, 6.45) is 2.56. The summed E-state index contributed by atoms with van der Waals surface area (Å²) in [6, 6.07) is 6.04. The standard InChI is InChI=1S/C16H21N3O3S2/c1-11-6-4-8-13-14(11)18(2)16(23-13)17-15(20)12-7-5-9-19(10-12)24(3,21)22/h4,6,8,12H,5,7,9-10H2,1-3H3. The molecule has 1 atom stereocenters. The van der Waals surface area contributed by atoms with Crippen LogP contribution in [0.4, 0.5) is 0 Å². The normalized spacial score (nSPS) is 20.6. The quantitative estimate of drug-likeness (QED) is 0.810. The monoisotopic (exact) mass is 367 g/mol. The molecule has 6 nitrogen and oxygen atoms in total. The molecule has 2 aromatic rings. The molecule has 2 heterocycles. The van der Waals surface area contributed by atoms with Gasteiger partial charge in [0.15, 0.2) is 4.80 Å². The number of aromatic nitrogens is 1. The molecule has 130 valence electrons. The second-order valence-electron chi connectivity index (χ2n) is 6.28. The van der Waals surface area contributed by atoms with E-state index in [9.17, 15) is 13.2 Å². The van der Waals surface area contributed by atoms with Gasteiger partial charge >= 0.3 is 0 Å². The number of fused-ring (bicyclic) bond motifs is 1. The molecule has 1 amide bonds. The van der Waals surface area contributed by atoms with Crippen molar-refractivity contribution < 1.29 is 13.2 Å². The molecule has 0 N–H and O–H groups in total. The van der Waals surface area contributed by atoms with Crippen molar-refractivity contribution in [2.24, 2.45) is 18.0 Å².